The van der Waals surface area contributed by atoms with Crippen LogP contribution in [0.4, 0.5) is 5.82 Å². The minimum Gasteiger partial charge on any atom is -0.469 e. The van der Waals surface area contributed by atoms with E-state index in [1.54, 1.807) is 0 Å². The van der Waals surface area contributed by atoms with E-state index >= 15 is 0 Å². The van der Waals surface area contributed by atoms with E-state index in [-0.39, 0.29) is 12.8 Å². The molecule has 3 aromatic rings. The fourth-order valence-corrected chi connectivity index (χ4v) is 5.61. The molecule has 3 heterocycles. The number of ether oxygens (including phenoxy) is 3. The number of benzene rings is 1. The van der Waals surface area contributed by atoms with Crippen LogP contribution in [-0.4, -0.2) is 29.8 Å². The van der Waals surface area contributed by atoms with Crippen LogP contribution in [0.2, 0.25) is 0 Å². The molecule has 2 aromatic heterocycles. The van der Waals surface area contributed by atoms with Crippen LogP contribution in [0.5, 0.6) is 11.5 Å². The highest BCUT2D eigenvalue weighted by atomic mass is 32.1. The summed E-state index contributed by atoms with van der Waals surface area (Å²) in [7, 11) is 1.43. The molecule has 1 aromatic carbocycles. The van der Waals surface area contributed by atoms with Crippen LogP contribution in [0.1, 0.15) is 53.9 Å². The van der Waals surface area contributed by atoms with Gasteiger partial charge in [0, 0.05) is 24.3 Å². The summed E-state index contributed by atoms with van der Waals surface area (Å²) in [5.41, 5.74) is 2.53. The normalized spacial score (nSPS) is 14.4. The van der Waals surface area contributed by atoms with Crippen LogP contribution >= 0.6 is 11.3 Å². The van der Waals surface area contributed by atoms with Crippen molar-refractivity contribution in [3.8, 4) is 11.5 Å². The van der Waals surface area contributed by atoms with E-state index in [0.29, 0.717) is 13.0 Å². The van der Waals surface area contributed by atoms with Crippen LogP contribution in [0, 0.1) is 0 Å². The molecule has 32 heavy (non-hydrogen) atoms. The molecule has 1 aliphatic heterocycles. The highest BCUT2D eigenvalue weighted by Crippen LogP contribution is 2.39. The number of aromatic nitrogens is 2. The molecule has 0 radical (unpaired) electrons. The van der Waals surface area contributed by atoms with Crippen molar-refractivity contribution in [2.45, 2.75) is 57.9 Å². The third-order valence-corrected chi connectivity index (χ3v) is 7.20. The zero-order valence-electron chi connectivity index (χ0n) is 18.2. The van der Waals surface area contributed by atoms with E-state index in [2.05, 4.69) is 11.4 Å². The van der Waals surface area contributed by atoms with Crippen molar-refractivity contribution in [3.05, 3.63) is 40.0 Å². The number of nitrogens with one attached hydrogen (secondary N) is 1. The topological polar surface area (TPSA) is 82.6 Å². The van der Waals surface area contributed by atoms with Gasteiger partial charge < -0.3 is 19.5 Å². The largest absolute Gasteiger partial charge is 0.469 e. The monoisotopic (exact) mass is 453 g/mol. The van der Waals surface area contributed by atoms with Crippen molar-refractivity contribution < 1.29 is 19.0 Å². The average Bonchev–Trinajstić information content (AvgIpc) is 3.43. The van der Waals surface area contributed by atoms with Gasteiger partial charge in [0.2, 0.25) is 6.79 Å². The molecule has 0 atom stereocenters. The van der Waals surface area contributed by atoms with Crippen molar-refractivity contribution in [1.29, 1.82) is 0 Å². The molecule has 0 spiro atoms. The maximum absolute atomic E-state index is 11.4. The minimum atomic E-state index is -0.168. The summed E-state index contributed by atoms with van der Waals surface area (Å²) in [6.45, 7) is 0.925. The van der Waals surface area contributed by atoms with Crippen molar-refractivity contribution in [3.63, 3.8) is 0 Å². The lowest BCUT2D eigenvalue weighted by Crippen LogP contribution is -2.07. The summed E-state index contributed by atoms with van der Waals surface area (Å²) in [6.07, 6.45) is 7.49. The van der Waals surface area contributed by atoms with Crippen LogP contribution in [0.3, 0.4) is 0 Å². The molecular formula is C24H27N3O4S. The number of thiophene rings is 1. The molecule has 0 fully saturated rings. The second kappa shape index (κ2) is 9.32. The van der Waals surface area contributed by atoms with Gasteiger partial charge in [0.05, 0.1) is 12.5 Å². The fourth-order valence-electron chi connectivity index (χ4n) is 4.33. The van der Waals surface area contributed by atoms with E-state index in [9.17, 15) is 4.79 Å². The fraction of sp³-hybridized carbons (Fsp3) is 0.458. The average molecular weight is 454 g/mol. The Morgan fingerprint density at radius 1 is 1.16 bits per heavy atom. The summed E-state index contributed by atoms with van der Waals surface area (Å²) in [5.74, 6) is 3.15. The number of aryl methyl sites for hydroxylation is 3. The van der Waals surface area contributed by atoms with Gasteiger partial charge in [-0.3, -0.25) is 4.79 Å². The van der Waals surface area contributed by atoms with Gasteiger partial charge in [-0.15, -0.1) is 11.3 Å². The lowest BCUT2D eigenvalue weighted by Gasteiger charge is -2.13. The highest BCUT2D eigenvalue weighted by molar-refractivity contribution is 7.19. The van der Waals surface area contributed by atoms with Gasteiger partial charge in [-0.25, -0.2) is 9.97 Å². The second-order valence-electron chi connectivity index (χ2n) is 8.20. The predicted molar refractivity (Wildman–Crippen MR) is 124 cm³/mol. The Labute approximate surface area is 191 Å². The molecule has 8 heteroatoms. The highest BCUT2D eigenvalue weighted by Gasteiger charge is 2.21. The Balaban J connectivity index is 1.38. The number of rotatable bonds is 8. The molecule has 0 amide bonds. The van der Waals surface area contributed by atoms with Gasteiger partial charge in [-0.2, -0.15) is 0 Å². The number of nitrogens with zero attached hydrogens (tertiary/aromatic N) is 2. The molecule has 2 aliphatic rings. The summed E-state index contributed by atoms with van der Waals surface area (Å²) in [4.78, 5) is 23.7. The number of carbonyl (C=O) groups is 1. The molecule has 0 bridgehead atoms. The smallest absolute Gasteiger partial charge is 0.305 e. The Morgan fingerprint density at radius 3 is 2.94 bits per heavy atom. The quantitative estimate of drug-likeness (QED) is 0.388. The van der Waals surface area contributed by atoms with E-state index in [0.717, 1.165) is 65.6 Å². The SMILES string of the molecule is COC(=O)CCCCc1nc(NCc2ccc3c(c2)OCO3)c2c3c(sc2n1)CCCC3. The first kappa shape index (κ1) is 21.0. The number of fused-ring (bicyclic) bond motifs is 4. The number of unbranched alkanes of at least 4 members (excludes halogenated alkanes) is 1. The Hall–Kier alpha value is -2.87. The number of carbonyl (C=O) groups excluding carboxylic acids is 1. The van der Waals surface area contributed by atoms with Crippen LogP contribution in [0.25, 0.3) is 10.2 Å². The van der Waals surface area contributed by atoms with E-state index in [4.69, 9.17) is 24.2 Å². The molecule has 7 nitrogen and oxygen atoms in total. The summed E-state index contributed by atoms with van der Waals surface area (Å²) in [5, 5.41) is 4.76. The molecule has 1 aliphatic carbocycles. The Kier molecular flexibility index (Phi) is 6.12. The van der Waals surface area contributed by atoms with E-state index in [1.807, 2.05) is 23.5 Å². The molecule has 0 saturated heterocycles. The lowest BCUT2D eigenvalue weighted by atomic mass is 9.97. The maximum atomic E-state index is 11.4. The van der Waals surface area contributed by atoms with E-state index < -0.39 is 0 Å². The van der Waals surface area contributed by atoms with E-state index in [1.165, 1.54) is 35.8 Å². The number of hydrogen-bond donors (Lipinski definition) is 1. The van der Waals surface area contributed by atoms with Crippen LogP contribution < -0.4 is 14.8 Å². The van der Waals surface area contributed by atoms with Crippen molar-refractivity contribution >= 4 is 33.3 Å². The standard InChI is InChI=1S/C24H27N3O4S/c1-29-21(28)9-5-4-8-20-26-23(22-16-6-2-3-7-19(16)32-24(22)27-20)25-13-15-10-11-17-18(12-15)31-14-30-17/h10-12H,2-9,13-14H2,1H3,(H,25,26,27). The maximum Gasteiger partial charge on any atom is 0.305 e. The third-order valence-electron chi connectivity index (χ3n) is 6.02. The molecule has 1 N–H and O–H groups in total. The predicted octanol–water partition coefficient (Wildman–Crippen LogP) is 4.80. The van der Waals surface area contributed by atoms with Crippen molar-refractivity contribution in [1.82, 2.24) is 9.97 Å². The van der Waals surface area contributed by atoms with Gasteiger partial charge in [-0.1, -0.05) is 6.07 Å². The lowest BCUT2D eigenvalue weighted by molar-refractivity contribution is -0.140. The first-order valence-electron chi connectivity index (χ1n) is 11.2. The summed E-state index contributed by atoms with van der Waals surface area (Å²) >= 11 is 1.81. The summed E-state index contributed by atoms with van der Waals surface area (Å²) < 4.78 is 15.7. The number of methoxy groups -OCH3 is 1. The molecule has 5 rings (SSSR count). The van der Waals surface area contributed by atoms with Crippen LogP contribution in [-0.2, 0) is 35.3 Å². The second-order valence-corrected chi connectivity index (χ2v) is 9.29. The zero-order chi connectivity index (χ0) is 21.9. The third kappa shape index (κ3) is 4.37. The molecular weight excluding hydrogens is 426 g/mol. The molecule has 0 unspecified atom stereocenters. The van der Waals surface area contributed by atoms with Gasteiger partial charge in [0.25, 0.3) is 0 Å². The van der Waals surface area contributed by atoms with Gasteiger partial charge in [0.1, 0.15) is 16.5 Å². The Morgan fingerprint density at radius 2 is 2.03 bits per heavy atom. The molecule has 168 valence electrons. The van der Waals surface area contributed by atoms with Gasteiger partial charge in [0.15, 0.2) is 11.5 Å². The number of anilines is 1. The van der Waals surface area contributed by atoms with Crippen molar-refractivity contribution in [2.24, 2.45) is 0 Å². The zero-order valence-corrected chi connectivity index (χ0v) is 19.1. The van der Waals surface area contributed by atoms with Gasteiger partial charge in [-0.05, 0) is 61.8 Å². The Bertz CT molecular complexity index is 1140. The van der Waals surface area contributed by atoms with Crippen LogP contribution in [0.15, 0.2) is 18.2 Å². The first-order chi connectivity index (χ1) is 15.7. The minimum absolute atomic E-state index is 0.168. The molecule has 0 saturated carbocycles. The van der Waals surface area contributed by atoms with Crippen molar-refractivity contribution in [2.75, 3.05) is 19.2 Å². The number of hydrogen-bond acceptors (Lipinski definition) is 8. The van der Waals surface area contributed by atoms with Gasteiger partial charge >= 0.3 is 5.97 Å². The summed E-state index contributed by atoms with van der Waals surface area (Å²) in [6, 6.07) is 6.02. The first-order valence-corrected chi connectivity index (χ1v) is 12.0. The number of esters is 1.